The Bertz CT molecular complexity index is 953. The second-order valence-electron chi connectivity index (χ2n) is 5.77. The summed E-state index contributed by atoms with van der Waals surface area (Å²) in [7, 11) is -1.18. The molecule has 32 heavy (non-hydrogen) atoms. The van der Waals surface area contributed by atoms with E-state index in [4.69, 9.17) is 9.47 Å². The van der Waals surface area contributed by atoms with Gasteiger partial charge in [-0.05, 0) is 22.9 Å². The summed E-state index contributed by atoms with van der Waals surface area (Å²) < 4.78 is 32.2. The topological polar surface area (TPSA) is 204 Å². The van der Waals surface area contributed by atoms with Gasteiger partial charge in [-0.3, -0.25) is 4.79 Å². The molecule has 1 rings (SSSR count). The number of carbonyl (C=O) groups excluding carboxylic acids is 2. The molecule has 0 heterocycles. The number of rotatable bonds is 14. The molecular formula is C15H19N3O12S2. The van der Waals surface area contributed by atoms with E-state index in [0.717, 1.165) is 6.26 Å². The number of anilines is 1. The number of ether oxygens (including phenoxy) is 2. The maximum atomic E-state index is 12.3. The largest absolute Gasteiger partial charge is 0.461 e. The van der Waals surface area contributed by atoms with E-state index < -0.39 is 50.1 Å². The molecule has 0 saturated carbocycles. The standard InChI is InChI=1S/C15H19N3O12S2/c1-16-10-3-4-12(15(20)27-5-6-31-32(2,25)26)13(7-10)29-14(19)8-11(30-18(23)24)9-28-17(21)22/h3-4,7,11,16H,5-6,8-9H2,1-2H3. The van der Waals surface area contributed by atoms with Crippen LogP contribution in [0.2, 0.25) is 0 Å². The minimum atomic E-state index is -3.31. The van der Waals surface area contributed by atoms with Crippen LogP contribution in [0.1, 0.15) is 16.8 Å². The van der Waals surface area contributed by atoms with Gasteiger partial charge in [0.1, 0.15) is 30.6 Å². The molecular weight excluding hydrogens is 478 g/mol. The third kappa shape index (κ3) is 10.6. The van der Waals surface area contributed by atoms with E-state index in [2.05, 4.69) is 15.0 Å². The third-order valence-corrected chi connectivity index (χ3v) is 5.87. The summed E-state index contributed by atoms with van der Waals surface area (Å²) in [4.78, 5) is 53.4. The van der Waals surface area contributed by atoms with Gasteiger partial charge < -0.3 is 24.5 Å². The molecule has 1 unspecified atom stereocenters. The van der Waals surface area contributed by atoms with Crippen LogP contribution in [0.4, 0.5) is 5.69 Å². The number of hydrogen-bond acceptors (Lipinski definition) is 14. The van der Waals surface area contributed by atoms with Crippen molar-refractivity contribution in [3.63, 3.8) is 0 Å². The van der Waals surface area contributed by atoms with Gasteiger partial charge in [0.05, 0.1) is 6.42 Å². The lowest BCUT2D eigenvalue weighted by Crippen LogP contribution is -2.29. The van der Waals surface area contributed by atoms with Crippen LogP contribution in [0.25, 0.3) is 0 Å². The highest BCUT2D eigenvalue weighted by Gasteiger charge is 2.23. The maximum absolute atomic E-state index is 12.3. The number of nitrogens with zero attached hydrogens (tertiary/aromatic N) is 2. The second kappa shape index (κ2) is 12.5. The maximum Gasteiger partial charge on any atom is 0.341 e. The molecule has 1 aromatic carbocycles. The Hall–Kier alpha value is -3.34. The lowest BCUT2D eigenvalue weighted by atomic mass is 10.1. The molecule has 0 aliphatic rings. The van der Waals surface area contributed by atoms with Gasteiger partial charge >= 0.3 is 11.9 Å². The number of carbonyl (C=O) groups is 2. The fraction of sp³-hybridized carbons (Fsp3) is 0.467. The van der Waals surface area contributed by atoms with Crippen molar-refractivity contribution in [2.45, 2.75) is 12.5 Å². The first-order chi connectivity index (χ1) is 14.9. The predicted molar refractivity (Wildman–Crippen MR) is 109 cm³/mol. The van der Waals surface area contributed by atoms with Crippen LogP contribution in [-0.4, -0.2) is 68.9 Å². The lowest BCUT2D eigenvalue weighted by Gasteiger charge is -2.15. The van der Waals surface area contributed by atoms with Gasteiger partial charge in [-0.2, -0.15) is 0 Å². The van der Waals surface area contributed by atoms with Crippen molar-refractivity contribution in [3.05, 3.63) is 44.0 Å². The first-order valence-corrected chi connectivity index (χ1v) is 11.9. The highest BCUT2D eigenvalue weighted by Crippen LogP contribution is 2.25. The quantitative estimate of drug-likeness (QED) is 0.0936. The number of nitrogens with one attached hydrogen (secondary N) is 1. The first kappa shape index (κ1) is 26.7. The van der Waals surface area contributed by atoms with Crippen LogP contribution < -0.4 is 10.1 Å². The summed E-state index contributed by atoms with van der Waals surface area (Å²) in [6.45, 7) is -1.15. The van der Waals surface area contributed by atoms with Crippen molar-refractivity contribution >= 4 is 37.3 Å². The zero-order valence-electron chi connectivity index (χ0n) is 16.7. The highest BCUT2D eigenvalue weighted by atomic mass is 33.1. The van der Waals surface area contributed by atoms with Crippen LogP contribution in [0.15, 0.2) is 18.2 Å². The summed E-state index contributed by atoms with van der Waals surface area (Å²) in [5.41, 5.74) is 0.252. The van der Waals surface area contributed by atoms with Crippen LogP contribution in [0.3, 0.4) is 0 Å². The van der Waals surface area contributed by atoms with Crippen molar-refractivity contribution in [2.75, 3.05) is 37.6 Å². The van der Waals surface area contributed by atoms with Crippen molar-refractivity contribution in [2.24, 2.45) is 0 Å². The minimum Gasteiger partial charge on any atom is -0.461 e. The van der Waals surface area contributed by atoms with E-state index in [0.29, 0.717) is 16.5 Å². The van der Waals surface area contributed by atoms with E-state index in [-0.39, 0.29) is 23.7 Å². The average molecular weight is 497 g/mol. The molecule has 1 atom stereocenters. The Labute approximate surface area is 184 Å². The summed E-state index contributed by atoms with van der Waals surface area (Å²) in [6.07, 6.45) is -1.45. The first-order valence-electron chi connectivity index (χ1n) is 8.53. The molecule has 0 fully saturated rings. The zero-order chi connectivity index (χ0) is 24.3. The molecule has 15 nitrogen and oxygen atoms in total. The van der Waals surface area contributed by atoms with E-state index in [9.17, 15) is 38.2 Å². The third-order valence-electron chi connectivity index (χ3n) is 3.32. The Morgan fingerprint density at radius 2 is 1.91 bits per heavy atom. The van der Waals surface area contributed by atoms with Crippen molar-refractivity contribution in [3.8, 4) is 5.75 Å². The summed E-state index contributed by atoms with van der Waals surface area (Å²) >= 11 is 0. The van der Waals surface area contributed by atoms with E-state index in [1.54, 1.807) is 7.05 Å². The second-order valence-corrected chi connectivity index (χ2v) is 10.3. The molecule has 0 radical (unpaired) electrons. The summed E-state index contributed by atoms with van der Waals surface area (Å²) in [5, 5.41) is 21.1. The zero-order valence-corrected chi connectivity index (χ0v) is 18.4. The van der Waals surface area contributed by atoms with E-state index in [1.807, 2.05) is 0 Å². The number of esters is 2. The molecule has 0 aliphatic heterocycles. The molecule has 178 valence electrons. The van der Waals surface area contributed by atoms with Gasteiger partial charge in [-0.15, -0.1) is 20.2 Å². The van der Waals surface area contributed by atoms with Gasteiger partial charge in [0.25, 0.3) is 10.2 Å². The Balaban J connectivity index is 2.89. The van der Waals surface area contributed by atoms with Crippen molar-refractivity contribution in [1.29, 1.82) is 0 Å². The van der Waals surface area contributed by atoms with Gasteiger partial charge in [0.15, 0.2) is 8.87 Å². The van der Waals surface area contributed by atoms with Crippen LogP contribution in [-0.2, 0) is 28.1 Å². The van der Waals surface area contributed by atoms with E-state index in [1.165, 1.54) is 18.2 Å². The molecule has 0 saturated heterocycles. The fourth-order valence-corrected chi connectivity index (χ4v) is 3.64. The monoisotopic (exact) mass is 497 g/mol. The molecule has 0 aromatic heterocycles. The normalized spacial score (nSPS) is 11.7. The van der Waals surface area contributed by atoms with E-state index >= 15 is 0 Å². The molecule has 0 amide bonds. The Morgan fingerprint density at radius 1 is 1.22 bits per heavy atom. The van der Waals surface area contributed by atoms with Crippen LogP contribution in [0.5, 0.6) is 5.75 Å². The van der Waals surface area contributed by atoms with Gasteiger partial charge in [-0.25, -0.2) is 13.2 Å². The van der Waals surface area contributed by atoms with Crippen LogP contribution >= 0.6 is 10.8 Å². The highest BCUT2D eigenvalue weighted by molar-refractivity contribution is 8.71. The summed E-state index contributed by atoms with van der Waals surface area (Å²) in [5.74, 6) is -2.32. The molecule has 1 aromatic rings. The molecule has 17 heteroatoms. The fourth-order valence-electron chi connectivity index (χ4n) is 2.07. The lowest BCUT2D eigenvalue weighted by molar-refractivity contribution is -0.789. The Morgan fingerprint density at radius 3 is 2.47 bits per heavy atom. The Kier molecular flexibility index (Phi) is 10.4. The molecule has 0 spiro atoms. The molecule has 1 N–H and O–H groups in total. The van der Waals surface area contributed by atoms with Gasteiger partial charge in [-0.1, -0.05) is 0 Å². The SMILES string of the molecule is CNc1ccc(C(=O)OCCSS(C)(=O)=O)c(OC(=O)CC(CO[N+](=O)[O-])O[N+](=O)[O-])c1. The average Bonchev–Trinajstić information content (AvgIpc) is 2.67. The minimum absolute atomic E-state index is 0.0232. The van der Waals surface area contributed by atoms with Crippen molar-refractivity contribution in [1.82, 2.24) is 0 Å². The van der Waals surface area contributed by atoms with Crippen LogP contribution in [0, 0.1) is 20.2 Å². The number of benzene rings is 1. The smallest absolute Gasteiger partial charge is 0.341 e. The number of hydrogen-bond donors (Lipinski definition) is 1. The van der Waals surface area contributed by atoms with Crippen molar-refractivity contribution < 1.29 is 47.3 Å². The predicted octanol–water partition coefficient (Wildman–Crippen LogP) is 0.659. The molecule has 0 bridgehead atoms. The molecule has 0 aliphatic carbocycles. The summed E-state index contributed by atoms with van der Waals surface area (Å²) in [6, 6.07) is 4.03. The van der Waals surface area contributed by atoms with Gasteiger partial charge in [0.2, 0.25) is 0 Å². The van der Waals surface area contributed by atoms with Gasteiger partial charge in [0, 0.05) is 30.8 Å².